The number of carbonyl (C=O) groups is 1. The van der Waals surface area contributed by atoms with Gasteiger partial charge in [-0.2, -0.15) is 0 Å². The minimum Gasteiger partial charge on any atom is -0.345 e. The molecule has 2 aromatic rings. The maximum absolute atomic E-state index is 12.1. The summed E-state index contributed by atoms with van der Waals surface area (Å²) in [5.74, 6) is 1.17. The summed E-state index contributed by atoms with van der Waals surface area (Å²) in [5, 5.41) is 0. The predicted molar refractivity (Wildman–Crippen MR) is 98.2 cm³/mol. The molecule has 25 heavy (non-hydrogen) atoms. The number of carbonyl (C=O) groups excluding carboxylic acids is 1. The van der Waals surface area contributed by atoms with Crippen molar-refractivity contribution in [3.05, 3.63) is 53.6 Å². The second kappa shape index (κ2) is 7.80. The number of rotatable bonds is 5. The van der Waals surface area contributed by atoms with Gasteiger partial charge in [0.2, 0.25) is 0 Å². The maximum atomic E-state index is 12.1. The molecule has 6 nitrogen and oxygen atoms in total. The van der Waals surface area contributed by atoms with Gasteiger partial charge in [-0.15, -0.1) is 0 Å². The summed E-state index contributed by atoms with van der Waals surface area (Å²) in [6.45, 7) is 5.97. The number of imidazole rings is 1. The fraction of sp³-hybridized carbons (Fsp3) is 0.474. The van der Waals surface area contributed by atoms with E-state index >= 15 is 0 Å². The number of aryl methyl sites for hydroxylation is 1. The molecule has 0 aliphatic carbocycles. The molecule has 0 spiro atoms. The molecular formula is C19H27N5O. The topological polar surface area (TPSA) is 44.6 Å². The van der Waals surface area contributed by atoms with Crippen LogP contribution in [0.2, 0.25) is 0 Å². The van der Waals surface area contributed by atoms with Crippen LogP contribution in [-0.4, -0.2) is 70.4 Å². The third-order valence-electron chi connectivity index (χ3n) is 4.74. The number of hydrogen-bond donors (Lipinski definition) is 0. The van der Waals surface area contributed by atoms with Crippen LogP contribution in [0.25, 0.3) is 0 Å². The van der Waals surface area contributed by atoms with E-state index in [1.807, 2.05) is 37.6 Å². The third kappa shape index (κ3) is 4.46. The van der Waals surface area contributed by atoms with E-state index in [0.29, 0.717) is 0 Å². The van der Waals surface area contributed by atoms with Crippen molar-refractivity contribution < 1.29 is 4.79 Å². The second-order valence-corrected chi connectivity index (χ2v) is 6.91. The first-order valence-corrected chi connectivity index (χ1v) is 8.74. The summed E-state index contributed by atoms with van der Waals surface area (Å²) in [4.78, 5) is 23.0. The van der Waals surface area contributed by atoms with E-state index in [1.54, 1.807) is 19.0 Å². The van der Waals surface area contributed by atoms with E-state index in [1.165, 1.54) is 5.56 Å². The second-order valence-electron chi connectivity index (χ2n) is 6.91. The molecule has 134 valence electrons. The van der Waals surface area contributed by atoms with Gasteiger partial charge in [-0.25, -0.2) is 4.98 Å². The lowest BCUT2D eigenvalue weighted by molar-refractivity contribution is 0.0827. The molecule has 2 heterocycles. The Morgan fingerprint density at radius 2 is 1.80 bits per heavy atom. The van der Waals surface area contributed by atoms with Crippen molar-refractivity contribution in [1.29, 1.82) is 0 Å². The zero-order valence-electron chi connectivity index (χ0n) is 15.4. The molecule has 3 rings (SSSR count). The Hall–Kier alpha value is -2.18. The van der Waals surface area contributed by atoms with Gasteiger partial charge in [-0.05, 0) is 17.7 Å². The first-order chi connectivity index (χ1) is 12.0. The molecule has 0 unspecified atom stereocenters. The Labute approximate surface area is 149 Å². The summed E-state index contributed by atoms with van der Waals surface area (Å²) in [6, 6.07) is 7.98. The van der Waals surface area contributed by atoms with Crippen LogP contribution in [0.5, 0.6) is 0 Å². The lowest BCUT2D eigenvalue weighted by Gasteiger charge is -2.34. The van der Waals surface area contributed by atoms with Gasteiger partial charge in [-0.3, -0.25) is 14.6 Å². The lowest BCUT2D eigenvalue weighted by atomic mass is 10.1. The molecule has 0 atom stereocenters. The molecular weight excluding hydrogens is 314 g/mol. The van der Waals surface area contributed by atoms with E-state index in [-0.39, 0.29) is 5.91 Å². The van der Waals surface area contributed by atoms with Crippen molar-refractivity contribution >= 4 is 5.91 Å². The number of hydrogen-bond acceptors (Lipinski definition) is 4. The first-order valence-electron chi connectivity index (χ1n) is 8.74. The molecule has 1 aliphatic heterocycles. The van der Waals surface area contributed by atoms with Gasteiger partial charge in [0.15, 0.2) is 0 Å². The number of piperazine rings is 1. The minimum atomic E-state index is 0.0572. The van der Waals surface area contributed by atoms with Crippen LogP contribution in [0.3, 0.4) is 0 Å². The number of nitrogens with zero attached hydrogens (tertiary/aromatic N) is 5. The van der Waals surface area contributed by atoms with Gasteiger partial charge < -0.3 is 9.47 Å². The van der Waals surface area contributed by atoms with Crippen LogP contribution in [-0.2, 0) is 20.1 Å². The highest BCUT2D eigenvalue weighted by molar-refractivity contribution is 5.94. The maximum Gasteiger partial charge on any atom is 0.253 e. The quantitative estimate of drug-likeness (QED) is 0.826. The number of aromatic nitrogens is 2. The van der Waals surface area contributed by atoms with Gasteiger partial charge in [0.25, 0.3) is 5.91 Å². The standard InChI is InChI=1S/C19H27N5O/c1-21(2)19(25)17-6-4-5-16(13-17)14-23-9-11-24(12-10-23)15-18-20-7-8-22(18)3/h4-8,13H,9-12,14-15H2,1-3H3. The molecule has 0 N–H and O–H groups in total. The van der Waals surface area contributed by atoms with Crippen LogP contribution in [0, 0.1) is 0 Å². The summed E-state index contributed by atoms with van der Waals surface area (Å²) >= 11 is 0. The normalized spacial score (nSPS) is 16.1. The van der Waals surface area contributed by atoms with Crippen molar-refractivity contribution in [3.8, 4) is 0 Å². The number of amides is 1. The van der Waals surface area contributed by atoms with Crippen LogP contribution in [0.4, 0.5) is 0 Å². The molecule has 1 aliphatic rings. The van der Waals surface area contributed by atoms with E-state index in [4.69, 9.17) is 0 Å². The first kappa shape index (κ1) is 17.6. The van der Waals surface area contributed by atoms with E-state index in [0.717, 1.165) is 50.7 Å². The average Bonchev–Trinajstić information content (AvgIpc) is 3.01. The van der Waals surface area contributed by atoms with Crippen molar-refractivity contribution in [2.24, 2.45) is 7.05 Å². The molecule has 1 amide bonds. The highest BCUT2D eigenvalue weighted by atomic mass is 16.2. The zero-order chi connectivity index (χ0) is 17.8. The summed E-state index contributed by atoms with van der Waals surface area (Å²) in [7, 11) is 5.62. The summed E-state index contributed by atoms with van der Waals surface area (Å²) in [6.07, 6.45) is 3.85. The molecule has 0 radical (unpaired) electrons. The molecule has 1 fully saturated rings. The van der Waals surface area contributed by atoms with Crippen molar-refractivity contribution in [3.63, 3.8) is 0 Å². The van der Waals surface area contributed by atoms with E-state index in [9.17, 15) is 4.79 Å². The largest absolute Gasteiger partial charge is 0.345 e. The number of benzene rings is 1. The summed E-state index contributed by atoms with van der Waals surface area (Å²) < 4.78 is 2.08. The monoisotopic (exact) mass is 341 g/mol. The Morgan fingerprint density at radius 1 is 1.12 bits per heavy atom. The van der Waals surface area contributed by atoms with Crippen molar-refractivity contribution in [2.75, 3.05) is 40.3 Å². The molecule has 0 bridgehead atoms. The molecule has 0 saturated carbocycles. The van der Waals surface area contributed by atoms with Gasteiger partial charge in [0.05, 0.1) is 6.54 Å². The molecule has 1 saturated heterocycles. The van der Waals surface area contributed by atoms with Crippen LogP contribution in [0.1, 0.15) is 21.7 Å². The highest BCUT2D eigenvalue weighted by Crippen LogP contribution is 2.13. The average molecular weight is 341 g/mol. The Balaban J connectivity index is 1.53. The van der Waals surface area contributed by atoms with E-state index < -0.39 is 0 Å². The fourth-order valence-electron chi connectivity index (χ4n) is 3.17. The van der Waals surface area contributed by atoms with Crippen LogP contribution >= 0.6 is 0 Å². The molecule has 1 aromatic heterocycles. The zero-order valence-corrected chi connectivity index (χ0v) is 15.4. The molecule has 6 heteroatoms. The van der Waals surface area contributed by atoms with Gasteiger partial charge in [0.1, 0.15) is 5.82 Å². The van der Waals surface area contributed by atoms with E-state index in [2.05, 4.69) is 25.4 Å². The van der Waals surface area contributed by atoms with Gasteiger partial charge in [-0.1, -0.05) is 12.1 Å². The SMILES string of the molecule is CN(C)C(=O)c1cccc(CN2CCN(Cc3nccn3C)CC2)c1. The lowest BCUT2D eigenvalue weighted by Crippen LogP contribution is -2.45. The Kier molecular flexibility index (Phi) is 5.50. The van der Waals surface area contributed by atoms with Crippen LogP contribution in [0.15, 0.2) is 36.7 Å². The van der Waals surface area contributed by atoms with Crippen LogP contribution < -0.4 is 0 Å². The predicted octanol–water partition coefficient (Wildman–Crippen LogP) is 1.44. The van der Waals surface area contributed by atoms with Crippen molar-refractivity contribution in [2.45, 2.75) is 13.1 Å². The Morgan fingerprint density at radius 3 is 2.40 bits per heavy atom. The smallest absolute Gasteiger partial charge is 0.253 e. The van der Waals surface area contributed by atoms with Gasteiger partial charge in [0, 0.05) is 71.8 Å². The molecule has 1 aromatic carbocycles. The van der Waals surface area contributed by atoms with Crippen molar-refractivity contribution in [1.82, 2.24) is 24.3 Å². The minimum absolute atomic E-state index is 0.0572. The Bertz CT molecular complexity index is 716. The summed E-state index contributed by atoms with van der Waals surface area (Å²) in [5.41, 5.74) is 1.96. The van der Waals surface area contributed by atoms with Gasteiger partial charge >= 0.3 is 0 Å². The highest BCUT2D eigenvalue weighted by Gasteiger charge is 2.18. The fourth-order valence-corrected chi connectivity index (χ4v) is 3.17. The third-order valence-corrected chi connectivity index (χ3v) is 4.74.